The smallest absolute Gasteiger partial charge is 1.00 e. The van der Waals surface area contributed by atoms with Gasteiger partial charge in [-0.05, 0) is 25.7 Å². The first-order valence-corrected chi connectivity index (χ1v) is 32.2. The maximum atomic E-state index is 10.2. The van der Waals surface area contributed by atoms with E-state index in [1.807, 2.05) is 0 Å². The molecule has 70 heavy (non-hydrogen) atoms. The number of rotatable bonds is 48. The Bertz CT molecular complexity index is 1240. The second-order valence-electron chi connectivity index (χ2n) is 17.7. The summed E-state index contributed by atoms with van der Waals surface area (Å²) in [6.07, 6.45) is 47.4. The molecule has 0 rings (SSSR count). The van der Waals surface area contributed by atoms with Crippen LogP contribution < -0.4 is 59.1 Å². The van der Waals surface area contributed by atoms with Crippen LogP contribution in [0.4, 0.5) is 0 Å². The Balaban J connectivity index is -0.000000124. The van der Waals surface area contributed by atoms with Crippen molar-refractivity contribution in [1.82, 2.24) is 0 Å². The molecular weight excluding hydrogens is 1010 g/mol. The van der Waals surface area contributed by atoms with Crippen LogP contribution in [0.1, 0.15) is 287 Å². The van der Waals surface area contributed by atoms with Crippen LogP contribution in [-0.4, -0.2) is 78.3 Å². The van der Waals surface area contributed by atoms with Crippen molar-refractivity contribution in [3.05, 3.63) is 0 Å². The molecule has 0 fully saturated rings. The van der Waals surface area contributed by atoms with Gasteiger partial charge in [-0.3, -0.25) is 18.2 Å². The van der Waals surface area contributed by atoms with Gasteiger partial charge in [-0.15, -0.1) is 0 Å². The van der Waals surface area contributed by atoms with E-state index in [0.717, 1.165) is 51.4 Å². The molecule has 420 valence electrons. The third-order valence-corrected chi connectivity index (χ3v) is 12.8. The first-order valence-electron chi connectivity index (χ1n) is 26.7. The van der Waals surface area contributed by atoms with Gasteiger partial charge in [0.25, 0.3) is 0 Å². The summed E-state index contributed by atoms with van der Waals surface area (Å²) in [6.45, 7) is 9.24. The van der Waals surface area contributed by atoms with Crippen molar-refractivity contribution in [2.45, 2.75) is 285 Å². The van der Waals surface area contributed by atoms with Crippen molar-refractivity contribution in [3.63, 3.8) is 0 Å². The molecule has 0 atom stereocenters. The Kier molecular flexibility index (Phi) is 74.6. The molecule has 0 saturated heterocycles. The first-order chi connectivity index (χ1) is 32.2. The predicted octanol–water partition coefficient (Wildman–Crippen LogP) is 9.14. The zero-order chi connectivity index (χ0) is 51.9. The Morgan fingerprint density at radius 3 is 0.429 bits per heavy atom. The standard InChI is InChI=1S/4C12H26O4S.2Na.2H/c4*1-2-3-4-5-6-7-8-9-10-11-12-16-17(13,14)15;;;;/h4*2-12H2,1H3,(H,13,14,15);;;;/q;;;;2*+1;2*-1. The summed E-state index contributed by atoms with van der Waals surface area (Å²) in [5.74, 6) is 0. The minimum atomic E-state index is -4.23. The molecule has 22 heteroatoms. The van der Waals surface area contributed by atoms with Crippen LogP contribution in [-0.2, 0) is 58.3 Å². The molecule has 0 saturated carbocycles. The van der Waals surface area contributed by atoms with Gasteiger partial charge in [0, 0.05) is 0 Å². The Hall–Kier alpha value is 1.48. The average molecular weight is 1110 g/mol. The third-order valence-electron chi connectivity index (χ3n) is 10.9. The fourth-order valence-electron chi connectivity index (χ4n) is 7.01. The monoisotopic (exact) mass is 1110 g/mol. The van der Waals surface area contributed by atoms with Gasteiger partial charge in [0.1, 0.15) is 0 Å². The summed E-state index contributed by atoms with van der Waals surface area (Å²) < 4.78 is 132. The van der Waals surface area contributed by atoms with Gasteiger partial charge in [-0.2, -0.15) is 33.7 Å². The SMILES string of the molecule is CCCCCCCCCCCCOS(=O)(=O)O.CCCCCCCCCCCCOS(=O)(=O)O.CCCCCCCCCCCCOS(=O)(=O)O.CCCCCCCCCCCCOS(=O)(=O)O.[H-].[H-].[Na+].[Na+]. The van der Waals surface area contributed by atoms with E-state index < -0.39 is 41.6 Å². The van der Waals surface area contributed by atoms with Crippen LogP contribution in [0, 0.1) is 0 Å². The summed E-state index contributed by atoms with van der Waals surface area (Å²) in [5, 5.41) is 0. The van der Waals surface area contributed by atoms with Crippen LogP contribution in [0.3, 0.4) is 0 Å². The summed E-state index contributed by atoms with van der Waals surface area (Å²) in [6, 6.07) is 0. The van der Waals surface area contributed by atoms with Crippen LogP contribution in [0.15, 0.2) is 0 Å². The van der Waals surface area contributed by atoms with Crippen LogP contribution >= 0.6 is 0 Å². The fourth-order valence-corrected chi connectivity index (χ4v) is 8.33. The molecular formula is C48H106Na2O16S4. The molecule has 0 radical (unpaired) electrons. The summed E-state index contributed by atoms with van der Waals surface area (Å²) in [7, 11) is -16.9. The van der Waals surface area contributed by atoms with Crippen LogP contribution in [0.5, 0.6) is 0 Å². The summed E-state index contributed by atoms with van der Waals surface area (Å²) in [4.78, 5) is 0. The van der Waals surface area contributed by atoms with Gasteiger partial charge in [-0.25, -0.2) is 16.7 Å². The second kappa shape index (κ2) is 63.0. The van der Waals surface area contributed by atoms with E-state index in [1.165, 1.54) is 180 Å². The van der Waals surface area contributed by atoms with E-state index >= 15 is 0 Å². The molecule has 4 N–H and O–H groups in total. The van der Waals surface area contributed by atoms with Crippen molar-refractivity contribution >= 4 is 41.6 Å². The Morgan fingerprint density at radius 2 is 0.329 bits per heavy atom. The number of unbranched alkanes of at least 4 members (excludes halogenated alkanes) is 36. The van der Waals surface area contributed by atoms with Gasteiger partial charge in [-0.1, -0.05) is 259 Å². The van der Waals surface area contributed by atoms with E-state index in [0.29, 0.717) is 25.7 Å². The molecule has 16 nitrogen and oxygen atoms in total. The van der Waals surface area contributed by atoms with Gasteiger partial charge in [0.15, 0.2) is 0 Å². The predicted molar refractivity (Wildman–Crippen MR) is 280 cm³/mol. The molecule has 0 aromatic carbocycles. The third kappa shape index (κ3) is 98.6. The minimum absolute atomic E-state index is 0. The Labute approximate surface area is 479 Å². The number of hydrogen-bond donors (Lipinski definition) is 4. The van der Waals surface area contributed by atoms with E-state index in [4.69, 9.17) is 18.2 Å². The minimum Gasteiger partial charge on any atom is -1.00 e. The van der Waals surface area contributed by atoms with Gasteiger partial charge in [0.2, 0.25) is 0 Å². The molecule has 0 unspecified atom stereocenters. The molecule has 0 aromatic heterocycles. The van der Waals surface area contributed by atoms with E-state index in [2.05, 4.69) is 44.4 Å². The zero-order valence-electron chi connectivity index (χ0n) is 47.4. The molecule has 0 spiro atoms. The van der Waals surface area contributed by atoms with Crippen LogP contribution in [0.25, 0.3) is 0 Å². The van der Waals surface area contributed by atoms with Gasteiger partial charge in [0.05, 0.1) is 26.4 Å². The Morgan fingerprint density at radius 1 is 0.229 bits per heavy atom. The maximum Gasteiger partial charge on any atom is 1.00 e. The maximum absolute atomic E-state index is 10.2. The normalized spacial score (nSPS) is 11.5. The summed E-state index contributed by atoms with van der Waals surface area (Å²) >= 11 is 0. The van der Waals surface area contributed by atoms with E-state index in [-0.39, 0.29) is 88.4 Å². The number of hydrogen-bond acceptors (Lipinski definition) is 12. The van der Waals surface area contributed by atoms with Crippen molar-refractivity contribution in [2.24, 2.45) is 0 Å². The first kappa shape index (κ1) is 82.8. The second-order valence-corrected chi connectivity index (χ2v) is 22.1. The average Bonchev–Trinajstić information content (AvgIpc) is 3.25. The van der Waals surface area contributed by atoms with Crippen molar-refractivity contribution in [3.8, 4) is 0 Å². The van der Waals surface area contributed by atoms with E-state index in [1.54, 1.807) is 0 Å². The molecule has 0 amide bonds. The molecule has 0 aliphatic heterocycles. The molecule has 0 bridgehead atoms. The van der Waals surface area contributed by atoms with Crippen molar-refractivity contribution in [2.75, 3.05) is 26.4 Å². The largest absolute Gasteiger partial charge is 1.00 e. The van der Waals surface area contributed by atoms with Crippen molar-refractivity contribution < 1.29 is 131 Å². The fraction of sp³-hybridized carbons (Fsp3) is 1.00. The molecule has 0 aliphatic rings. The zero-order valence-corrected chi connectivity index (χ0v) is 52.7. The van der Waals surface area contributed by atoms with E-state index in [9.17, 15) is 33.7 Å². The van der Waals surface area contributed by atoms with Crippen LogP contribution in [0.2, 0.25) is 0 Å². The molecule has 0 aromatic rings. The van der Waals surface area contributed by atoms with Gasteiger partial charge >= 0.3 is 101 Å². The topological polar surface area (TPSA) is 254 Å². The molecule has 0 heterocycles. The molecule has 0 aliphatic carbocycles. The van der Waals surface area contributed by atoms with Crippen molar-refractivity contribution in [1.29, 1.82) is 0 Å². The van der Waals surface area contributed by atoms with Gasteiger partial charge < -0.3 is 2.85 Å². The summed E-state index contributed by atoms with van der Waals surface area (Å²) in [5.41, 5.74) is 0. The quantitative estimate of drug-likeness (QED) is 0.0252.